The fourth-order valence-corrected chi connectivity index (χ4v) is 1.93. The van der Waals surface area contributed by atoms with Gasteiger partial charge in [-0.1, -0.05) is 52.4 Å². The van der Waals surface area contributed by atoms with Crippen molar-refractivity contribution in [3.63, 3.8) is 0 Å². The lowest BCUT2D eigenvalue weighted by molar-refractivity contribution is 0.106. The molecule has 0 spiro atoms. The molecule has 96 valence electrons. The van der Waals surface area contributed by atoms with Crippen LogP contribution in [-0.2, 0) is 4.74 Å². The molecule has 2 nitrogen and oxygen atoms in total. The highest BCUT2D eigenvalue weighted by molar-refractivity contribution is 6.61. The molecule has 0 aromatic heterocycles. The standard InChI is InChI=1S/C13H25ClO2/c1-3-5-7-8-9-11-12(10-6-4-2)16-13(14)15/h12H,3-11H2,1-2H3. The van der Waals surface area contributed by atoms with Gasteiger partial charge in [-0.2, -0.15) is 0 Å². The summed E-state index contributed by atoms with van der Waals surface area (Å²) in [5, 5.41) is 0. The van der Waals surface area contributed by atoms with Crippen LogP contribution in [0.4, 0.5) is 4.79 Å². The summed E-state index contributed by atoms with van der Waals surface area (Å²) >= 11 is 5.25. The van der Waals surface area contributed by atoms with E-state index in [1.54, 1.807) is 0 Å². The van der Waals surface area contributed by atoms with E-state index in [0.717, 1.165) is 32.1 Å². The molecular weight excluding hydrogens is 224 g/mol. The summed E-state index contributed by atoms with van der Waals surface area (Å²) in [5.41, 5.74) is -0.658. The molecule has 0 aliphatic heterocycles. The van der Waals surface area contributed by atoms with Crippen LogP contribution in [0.3, 0.4) is 0 Å². The molecule has 0 aromatic carbocycles. The summed E-state index contributed by atoms with van der Waals surface area (Å²) in [6.45, 7) is 4.35. The van der Waals surface area contributed by atoms with Crippen molar-refractivity contribution in [3.8, 4) is 0 Å². The van der Waals surface area contributed by atoms with Crippen LogP contribution in [0, 0.1) is 0 Å². The number of carbonyl (C=O) groups is 1. The van der Waals surface area contributed by atoms with Gasteiger partial charge < -0.3 is 4.74 Å². The topological polar surface area (TPSA) is 26.3 Å². The van der Waals surface area contributed by atoms with Gasteiger partial charge in [-0.25, -0.2) is 4.79 Å². The van der Waals surface area contributed by atoms with Gasteiger partial charge in [0.2, 0.25) is 0 Å². The van der Waals surface area contributed by atoms with Crippen molar-refractivity contribution >= 4 is 17.0 Å². The molecule has 3 heteroatoms. The van der Waals surface area contributed by atoms with Crippen LogP contribution in [0.1, 0.15) is 71.6 Å². The summed E-state index contributed by atoms with van der Waals surface area (Å²) in [5.74, 6) is 0. The Bertz CT molecular complexity index is 171. The molecule has 0 amide bonds. The fraction of sp³-hybridized carbons (Fsp3) is 0.923. The van der Waals surface area contributed by atoms with E-state index >= 15 is 0 Å². The molecule has 0 N–H and O–H groups in total. The van der Waals surface area contributed by atoms with E-state index in [1.165, 1.54) is 25.7 Å². The molecule has 0 heterocycles. The van der Waals surface area contributed by atoms with Gasteiger partial charge in [-0.05, 0) is 19.3 Å². The Morgan fingerprint density at radius 1 is 1.00 bits per heavy atom. The lowest BCUT2D eigenvalue weighted by Gasteiger charge is -2.15. The normalized spacial score (nSPS) is 12.4. The first kappa shape index (κ1) is 15.8. The summed E-state index contributed by atoms with van der Waals surface area (Å²) in [4.78, 5) is 10.7. The summed E-state index contributed by atoms with van der Waals surface area (Å²) in [7, 11) is 0. The monoisotopic (exact) mass is 248 g/mol. The third kappa shape index (κ3) is 10.3. The first-order valence-corrected chi connectivity index (χ1v) is 6.94. The number of carbonyl (C=O) groups excluding carboxylic acids is 1. The molecule has 0 aliphatic rings. The second-order valence-electron chi connectivity index (χ2n) is 4.32. The van der Waals surface area contributed by atoms with Gasteiger partial charge in [0.1, 0.15) is 6.10 Å². The van der Waals surface area contributed by atoms with Crippen molar-refractivity contribution in [3.05, 3.63) is 0 Å². The molecule has 0 aliphatic carbocycles. The van der Waals surface area contributed by atoms with Gasteiger partial charge in [-0.3, -0.25) is 0 Å². The minimum Gasteiger partial charge on any atom is -0.450 e. The Hall–Kier alpha value is -0.240. The maximum Gasteiger partial charge on any atom is 0.404 e. The maximum absolute atomic E-state index is 10.7. The lowest BCUT2D eigenvalue weighted by Crippen LogP contribution is -2.14. The minimum absolute atomic E-state index is 0.0339. The highest BCUT2D eigenvalue weighted by Gasteiger charge is 2.11. The predicted molar refractivity (Wildman–Crippen MR) is 69.0 cm³/mol. The molecule has 0 radical (unpaired) electrons. The van der Waals surface area contributed by atoms with Crippen LogP contribution < -0.4 is 0 Å². The minimum atomic E-state index is -0.658. The van der Waals surface area contributed by atoms with Crippen molar-refractivity contribution in [2.75, 3.05) is 0 Å². The summed E-state index contributed by atoms with van der Waals surface area (Å²) < 4.78 is 5.09. The third-order valence-corrected chi connectivity index (χ3v) is 2.86. The zero-order valence-corrected chi connectivity index (χ0v) is 11.4. The van der Waals surface area contributed by atoms with E-state index in [-0.39, 0.29) is 6.10 Å². The number of ether oxygens (including phenoxy) is 1. The predicted octanol–water partition coefficient (Wildman–Crippen LogP) is 5.28. The quantitative estimate of drug-likeness (QED) is 0.388. The van der Waals surface area contributed by atoms with Crippen molar-refractivity contribution < 1.29 is 9.53 Å². The average Bonchev–Trinajstić information content (AvgIpc) is 2.24. The Balaban J connectivity index is 3.60. The van der Waals surface area contributed by atoms with Gasteiger partial charge in [0.05, 0.1) is 0 Å². The molecule has 1 unspecified atom stereocenters. The zero-order valence-electron chi connectivity index (χ0n) is 10.6. The first-order chi connectivity index (χ1) is 7.70. The molecule has 0 rings (SSSR count). The van der Waals surface area contributed by atoms with E-state index in [9.17, 15) is 4.79 Å². The molecular formula is C13H25ClO2. The van der Waals surface area contributed by atoms with Crippen LogP contribution in [-0.4, -0.2) is 11.5 Å². The van der Waals surface area contributed by atoms with Crippen molar-refractivity contribution in [1.82, 2.24) is 0 Å². The maximum atomic E-state index is 10.7. The Labute approximate surface area is 105 Å². The number of hydrogen-bond acceptors (Lipinski definition) is 2. The first-order valence-electron chi connectivity index (χ1n) is 6.56. The molecule has 0 saturated heterocycles. The van der Waals surface area contributed by atoms with Gasteiger partial charge in [0.15, 0.2) is 0 Å². The summed E-state index contributed by atoms with van der Waals surface area (Å²) in [6, 6.07) is 0. The van der Waals surface area contributed by atoms with E-state index in [4.69, 9.17) is 16.3 Å². The van der Waals surface area contributed by atoms with Crippen molar-refractivity contribution in [1.29, 1.82) is 0 Å². The Kier molecular flexibility index (Phi) is 11.1. The van der Waals surface area contributed by atoms with E-state index < -0.39 is 5.43 Å². The number of rotatable bonds is 10. The third-order valence-electron chi connectivity index (χ3n) is 2.77. The Morgan fingerprint density at radius 2 is 1.56 bits per heavy atom. The second-order valence-corrected chi connectivity index (χ2v) is 4.63. The SMILES string of the molecule is CCCCCCCC(CCCC)OC(=O)Cl. The van der Waals surface area contributed by atoms with E-state index in [1.807, 2.05) is 0 Å². The number of halogens is 1. The van der Waals surface area contributed by atoms with Crippen LogP contribution in [0.2, 0.25) is 0 Å². The van der Waals surface area contributed by atoms with Gasteiger partial charge in [0.25, 0.3) is 0 Å². The molecule has 16 heavy (non-hydrogen) atoms. The Morgan fingerprint density at radius 3 is 2.12 bits per heavy atom. The molecule has 0 saturated carbocycles. The van der Waals surface area contributed by atoms with Crippen LogP contribution >= 0.6 is 11.6 Å². The number of hydrogen-bond donors (Lipinski definition) is 0. The van der Waals surface area contributed by atoms with Crippen LogP contribution in [0.5, 0.6) is 0 Å². The fourth-order valence-electron chi connectivity index (χ4n) is 1.80. The largest absolute Gasteiger partial charge is 0.450 e. The lowest BCUT2D eigenvalue weighted by atomic mass is 10.0. The van der Waals surface area contributed by atoms with Crippen LogP contribution in [0.15, 0.2) is 0 Å². The highest BCUT2D eigenvalue weighted by Crippen LogP contribution is 2.15. The van der Waals surface area contributed by atoms with Crippen molar-refractivity contribution in [2.24, 2.45) is 0 Å². The highest BCUT2D eigenvalue weighted by atomic mass is 35.5. The van der Waals surface area contributed by atoms with E-state index in [2.05, 4.69) is 13.8 Å². The average molecular weight is 249 g/mol. The number of unbranched alkanes of at least 4 members (excludes halogenated alkanes) is 5. The van der Waals surface area contributed by atoms with Crippen molar-refractivity contribution in [2.45, 2.75) is 77.7 Å². The smallest absolute Gasteiger partial charge is 0.404 e. The molecule has 1 atom stereocenters. The summed E-state index contributed by atoms with van der Waals surface area (Å²) in [6.07, 6.45) is 10.4. The molecule has 0 aromatic rings. The molecule has 0 bridgehead atoms. The van der Waals surface area contributed by atoms with Gasteiger partial charge in [0, 0.05) is 11.6 Å². The van der Waals surface area contributed by atoms with E-state index in [0.29, 0.717) is 0 Å². The van der Waals surface area contributed by atoms with Crippen LogP contribution in [0.25, 0.3) is 0 Å². The second kappa shape index (κ2) is 11.3. The molecule has 0 fully saturated rings. The zero-order chi connectivity index (χ0) is 12.2. The van der Waals surface area contributed by atoms with Gasteiger partial charge in [-0.15, -0.1) is 0 Å². The van der Waals surface area contributed by atoms with Gasteiger partial charge >= 0.3 is 5.43 Å².